The van der Waals surface area contributed by atoms with E-state index < -0.39 is 10.2 Å². The first kappa shape index (κ1) is 13.4. The van der Waals surface area contributed by atoms with Gasteiger partial charge in [0.2, 0.25) is 0 Å². The van der Waals surface area contributed by atoms with E-state index in [0.29, 0.717) is 4.90 Å². The molecular weight excluding hydrogens is 242 g/mol. The van der Waals surface area contributed by atoms with Crippen LogP contribution in [0.2, 0.25) is 0 Å². The Bertz CT molecular complexity index is 441. The van der Waals surface area contributed by atoms with Crippen molar-refractivity contribution in [3.8, 4) is 0 Å². The molecule has 0 fully saturated rings. The van der Waals surface area contributed by atoms with Crippen LogP contribution in [0.1, 0.15) is 13.8 Å². The highest BCUT2D eigenvalue weighted by Gasteiger charge is 2.20. The third kappa shape index (κ3) is 3.67. The van der Waals surface area contributed by atoms with Gasteiger partial charge < -0.3 is 0 Å². The molecule has 0 amide bonds. The van der Waals surface area contributed by atoms with Crippen LogP contribution in [0.5, 0.6) is 0 Å². The summed E-state index contributed by atoms with van der Waals surface area (Å²) in [6, 6.07) is 5.75. The van der Waals surface area contributed by atoms with Crippen LogP contribution >= 0.6 is 11.8 Å². The van der Waals surface area contributed by atoms with Crippen molar-refractivity contribution in [1.82, 2.24) is 0 Å². The van der Waals surface area contributed by atoms with Crippen molar-refractivity contribution in [3.63, 3.8) is 0 Å². The topological polar surface area (TPSA) is 77.3 Å². The third-order valence-electron chi connectivity index (χ3n) is 2.04. The summed E-state index contributed by atoms with van der Waals surface area (Å²) < 4.78 is 0. The fourth-order valence-electron chi connectivity index (χ4n) is 1.23. The van der Waals surface area contributed by atoms with Gasteiger partial charge in [0.1, 0.15) is 5.25 Å². The van der Waals surface area contributed by atoms with Crippen LogP contribution in [-0.2, 0) is 9.59 Å². The second kappa shape index (κ2) is 5.58. The van der Waals surface area contributed by atoms with E-state index in [1.165, 1.54) is 38.1 Å². The molecule has 1 aromatic carbocycles. The Morgan fingerprint density at radius 1 is 1.18 bits per heavy atom. The lowest BCUT2D eigenvalue weighted by atomic mass is 10.2. The molecule has 0 aliphatic carbocycles. The number of carbonyl (C=O) groups is 2. The van der Waals surface area contributed by atoms with E-state index in [0.717, 1.165) is 11.8 Å². The quantitative estimate of drug-likeness (QED) is 0.348. The van der Waals surface area contributed by atoms with Gasteiger partial charge in [0.05, 0.1) is 4.92 Å². The van der Waals surface area contributed by atoms with Gasteiger partial charge in [-0.1, -0.05) is 0 Å². The fraction of sp³-hybridized carbons (Fsp3) is 0.273. The number of hydrogen-bond donors (Lipinski definition) is 0. The summed E-state index contributed by atoms with van der Waals surface area (Å²) in [7, 11) is 0. The van der Waals surface area contributed by atoms with Crippen molar-refractivity contribution in [2.24, 2.45) is 0 Å². The summed E-state index contributed by atoms with van der Waals surface area (Å²) in [5, 5.41) is 9.70. The molecule has 0 spiro atoms. The third-order valence-corrected chi connectivity index (χ3v) is 3.48. The highest BCUT2D eigenvalue weighted by atomic mass is 32.2. The van der Waals surface area contributed by atoms with Crippen LogP contribution in [0.4, 0.5) is 5.69 Å². The average molecular weight is 253 g/mol. The number of nitro benzene ring substituents is 1. The molecule has 0 aliphatic heterocycles. The molecule has 0 bridgehead atoms. The highest BCUT2D eigenvalue weighted by molar-refractivity contribution is 8.01. The summed E-state index contributed by atoms with van der Waals surface area (Å²) in [4.78, 5) is 33.0. The van der Waals surface area contributed by atoms with Crippen LogP contribution in [0.3, 0.4) is 0 Å². The van der Waals surface area contributed by atoms with Gasteiger partial charge in [-0.3, -0.25) is 19.7 Å². The van der Waals surface area contributed by atoms with E-state index in [1.54, 1.807) is 0 Å². The predicted octanol–water partition coefficient (Wildman–Crippen LogP) is 2.23. The van der Waals surface area contributed by atoms with E-state index in [9.17, 15) is 19.7 Å². The number of carbonyl (C=O) groups excluding carboxylic acids is 2. The molecule has 1 rings (SSSR count). The highest BCUT2D eigenvalue weighted by Crippen LogP contribution is 2.26. The predicted molar refractivity (Wildman–Crippen MR) is 64.1 cm³/mol. The second-order valence-electron chi connectivity index (χ2n) is 3.47. The molecule has 0 radical (unpaired) electrons. The van der Waals surface area contributed by atoms with Gasteiger partial charge in [0.15, 0.2) is 11.6 Å². The average Bonchev–Trinajstić information content (AvgIpc) is 2.25. The lowest BCUT2D eigenvalue weighted by Crippen LogP contribution is -2.21. The molecule has 0 saturated carbocycles. The Morgan fingerprint density at radius 3 is 2.00 bits per heavy atom. The van der Waals surface area contributed by atoms with Gasteiger partial charge in [-0.05, 0) is 26.0 Å². The summed E-state index contributed by atoms with van der Waals surface area (Å²) in [5.41, 5.74) is -0.0171. The normalized spacial score (nSPS) is 10.3. The lowest BCUT2D eigenvalue weighted by Gasteiger charge is -2.09. The number of Topliss-reactive ketones (excluding diaryl/α,β-unsaturated/α-hetero) is 2. The first-order chi connectivity index (χ1) is 7.91. The molecule has 0 heterocycles. The standard InChI is InChI=1S/C11H11NO4S/c1-7(13)11(8(2)14)17-10-5-3-9(4-6-10)12(15)16/h3-6,11H,1-2H3. The Balaban J connectivity index is 2.84. The van der Waals surface area contributed by atoms with Gasteiger partial charge >= 0.3 is 0 Å². The molecule has 0 atom stereocenters. The molecule has 1 aromatic rings. The van der Waals surface area contributed by atoms with Crippen LogP contribution in [-0.4, -0.2) is 21.7 Å². The number of benzene rings is 1. The number of thioether (sulfide) groups is 1. The molecule has 0 N–H and O–H groups in total. The first-order valence-electron chi connectivity index (χ1n) is 4.84. The van der Waals surface area contributed by atoms with Crippen LogP contribution < -0.4 is 0 Å². The summed E-state index contributed by atoms with van der Waals surface area (Å²) in [5.74, 6) is -0.443. The molecule has 90 valence electrons. The Kier molecular flexibility index (Phi) is 4.39. The molecule has 0 saturated heterocycles. The number of rotatable bonds is 5. The van der Waals surface area contributed by atoms with Crippen LogP contribution in [0.15, 0.2) is 29.2 Å². The summed E-state index contributed by atoms with van der Waals surface area (Å²) in [6.45, 7) is 2.70. The number of nitro groups is 1. The van der Waals surface area contributed by atoms with Gasteiger partial charge in [-0.25, -0.2) is 0 Å². The number of non-ortho nitro benzene ring substituents is 1. The van der Waals surface area contributed by atoms with Crippen molar-refractivity contribution in [2.75, 3.05) is 0 Å². The minimum absolute atomic E-state index is 0.0171. The number of hydrogen-bond acceptors (Lipinski definition) is 5. The van der Waals surface area contributed by atoms with E-state index in [2.05, 4.69) is 0 Å². The van der Waals surface area contributed by atoms with Crippen molar-refractivity contribution in [1.29, 1.82) is 0 Å². The maximum Gasteiger partial charge on any atom is 0.269 e. The smallest absolute Gasteiger partial charge is 0.269 e. The van der Waals surface area contributed by atoms with Gasteiger partial charge in [0.25, 0.3) is 5.69 Å². The zero-order valence-corrected chi connectivity index (χ0v) is 10.2. The molecule has 0 aliphatic rings. The van der Waals surface area contributed by atoms with Gasteiger partial charge in [-0.15, -0.1) is 11.8 Å². The Morgan fingerprint density at radius 2 is 1.65 bits per heavy atom. The monoisotopic (exact) mass is 253 g/mol. The molecule has 5 nitrogen and oxygen atoms in total. The molecule has 0 unspecified atom stereocenters. The van der Waals surface area contributed by atoms with Crippen molar-refractivity contribution in [2.45, 2.75) is 24.0 Å². The van der Waals surface area contributed by atoms with Crippen molar-refractivity contribution < 1.29 is 14.5 Å². The second-order valence-corrected chi connectivity index (χ2v) is 4.65. The largest absolute Gasteiger partial charge is 0.298 e. The van der Waals surface area contributed by atoms with Crippen LogP contribution in [0.25, 0.3) is 0 Å². The van der Waals surface area contributed by atoms with Gasteiger partial charge in [-0.2, -0.15) is 0 Å². The lowest BCUT2D eigenvalue weighted by molar-refractivity contribution is -0.384. The molecule has 17 heavy (non-hydrogen) atoms. The minimum atomic E-state index is -0.739. The van der Waals surface area contributed by atoms with Gasteiger partial charge in [0, 0.05) is 17.0 Å². The zero-order chi connectivity index (χ0) is 13.0. The maximum absolute atomic E-state index is 11.2. The zero-order valence-electron chi connectivity index (χ0n) is 9.38. The molecular formula is C11H11NO4S. The number of ketones is 2. The summed E-state index contributed by atoms with van der Waals surface area (Å²) >= 11 is 1.10. The molecule has 6 heteroatoms. The maximum atomic E-state index is 11.2. The van der Waals surface area contributed by atoms with E-state index in [4.69, 9.17) is 0 Å². The van der Waals surface area contributed by atoms with Crippen molar-refractivity contribution >= 4 is 29.0 Å². The fourth-order valence-corrected chi connectivity index (χ4v) is 2.13. The van der Waals surface area contributed by atoms with E-state index in [1.807, 2.05) is 0 Å². The minimum Gasteiger partial charge on any atom is -0.298 e. The Hall–Kier alpha value is -1.69. The SMILES string of the molecule is CC(=O)C(Sc1ccc([N+](=O)[O-])cc1)C(C)=O. The van der Waals surface area contributed by atoms with E-state index >= 15 is 0 Å². The summed E-state index contributed by atoms with van der Waals surface area (Å²) in [6.07, 6.45) is 0. The van der Waals surface area contributed by atoms with Crippen LogP contribution in [0, 0.1) is 10.1 Å². The van der Waals surface area contributed by atoms with Crippen molar-refractivity contribution in [3.05, 3.63) is 34.4 Å². The number of nitrogens with zero attached hydrogens (tertiary/aromatic N) is 1. The molecule has 0 aromatic heterocycles. The van der Waals surface area contributed by atoms with E-state index in [-0.39, 0.29) is 17.3 Å². The Labute approximate surface area is 102 Å². The first-order valence-corrected chi connectivity index (χ1v) is 5.72.